The van der Waals surface area contributed by atoms with E-state index in [0.29, 0.717) is 17.2 Å². The standard InChI is InChI=1S/C22H27N5O3S/c1-3-16-11-17(18-8-10-22(30-2)23-13-18)7-9-21(16)31(28,29)26-19-5-4-6-20(12-19)27-14-24-25-15-27/h7-11,13-15,19-20,26H,3-6,12H2,1-2H3. The third kappa shape index (κ3) is 4.77. The molecule has 2 heterocycles. The first kappa shape index (κ1) is 21.5. The number of aromatic nitrogens is 4. The van der Waals surface area contributed by atoms with E-state index in [1.54, 1.807) is 38.1 Å². The zero-order chi connectivity index (χ0) is 21.8. The summed E-state index contributed by atoms with van der Waals surface area (Å²) in [6.07, 6.45) is 9.26. The summed E-state index contributed by atoms with van der Waals surface area (Å²) in [7, 11) is -2.06. The van der Waals surface area contributed by atoms with E-state index in [1.165, 1.54) is 0 Å². The summed E-state index contributed by atoms with van der Waals surface area (Å²) in [5, 5.41) is 7.75. The van der Waals surface area contributed by atoms with Crippen molar-refractivity contribution < 1.29 is 13.2 Å². The Kier molecular flexibility index (Phi) is 6.33. The smallest absolute Gasteiger partial charge is 0.241 e. The summed E-state index contributed by atoms with van der Waals surface area (Å²) in [4.78, 5) is 4.58. The predicted molar refractivity (Wildman–Crippen MR) is 117 cm³/mol. The Bertz CT molecular complexity index is 1110. The number of benzene rings is 1. The second-order valence-electron chi connectivity index (χ2n) is 7.81. The number of ether oxygens (including phenoxy) is 1. The molecule has 2 atom stereocenters. The Morgan fingerprint density at radius 1 is 1.13 bits per heavy atom. The number of methoxy groups -OCH3 is 1. The molecule has 2 aromatic heterocycles. The molecule has 9 heteroatoms. The molecule has 1 saturated carbocycles. The number of nitrogens with zero attached hydrogens (tertiary/aromatic N) is 4. The van der Waals surface area contributed by atoms with Crippen molar-refractivity contribution in [1.29, 1.82) is 0 Å². The third-order valence-corrected chi connectivity index (χ3v) is 7.46. The van der Waals surface area contributed by atoms with Gasteiger partial charge in [0.15, 0.2) is 0 Å². The van der Waals surface area contributed by atoms with Gasteiger partial charge in [-0.3, -0.25) is 0 Å². The Balaban J connectivity index is 1.54. The van der Waals surface area contributed by atoms with Crippen LogP contribution in [0.2, 0.25) is 0 Å². The minimum absolute atomic E-state index is 0.110. The van der Waals surface area contributed by atoms with Crippen molar-refractivity contribution in [3.63, 3.8) is 0 Å². The van der Waals surface area contributed by atoms with E-state index in [2.05, 4.69) is 19.9 Å². The molecule has 31 heavy (non-hydrogen) atoms. The second kappa shape index (κ2) is 9.15. The molecule has 0 saturated heterocycles. The van der Waals surface area contributed by atoms with Crippen molar-refractivity contribution in [3.05, 3.63) is 54.7 Å². The molecule has 3 aromatic rings. The average molecular weight is 442 g/mol. The molecule has 0 radical (unpaired) electrons. The molecule has 4 rings (SSSR count). The first-order valence-electron chi connectivity index (χ1n) is 10.5. The van der Waals surface area contributed by atoms with Crippen LogP contribution in [0.5, 0.6) is 5.88 Å². The van der Waals surface area contributed by atoms with Gasteiger partial charge in [-0.2, -0.15) is 0 Å². The second-order valence-corrected chi connectivity index (χ2v) is 9.50. The van der Waals surface area contributed by atoms with Crippen LogP contribution >= 0.6 is 0 Å². The lowest BCUT2D eigenvalue weighted by Crippen LogP contribution is -2.39. The van der Waals surface area contributed by atoms with Gasteiger partial charge in [0.1, 0.15) is 12.7 Å². The highest BCUT2D eigenvalue weighted by atomic mass is 32.2. The number of sulfonamides is 1. The Hall–Kier alpha value is -2.78. The van der Waals surface area contributed by atoms with Crippen LogP contribution < -0.4 is 9.46 Å². The minimum atomic E-state index is -3.63. The Morgan fingerprint density at radius 2 is 1.90 bits per heavy atom. The van der Waals surface area contributed by atoms with Gasteiger partial charge in [0, 0.05) is 29.9 Å². The first-order chi connectivity index (χ1) is 15.0. The topological polar surface area (TPSA) is 99.0 Å². The van der Waals surface area contributed by atoms with E-state index in [0.717, 1.165) is 42.4 Å². The van der Waals surface area contributed by atoms with Gasteiger partial charge < -0.3 is 9.30 Å². The highest BCUT2D eigenvalue weighted by Gasteiger charge is 2.28. The monoisotopic (exact) mass is 441 g/mol. The summed E-state index contributed by atoms with van der Waals surface area (Å²) in [5.41, 5.74) is 2.62. The number of nitrogens with one attached hydrogen (secondary N) is 1. The van der Waals surface area contributed by atoms with Crippen molar-refractivity contribution in [1.82, 2.24) is 24.5 Å². The molecule has 8 nitrogen and oxygen atoms in total. The lowest BCUT2D eigenvalue weighted by Gasteiger charge is -2.30. The maximum absolute atomic E-state index is 13.2. The molecule has 164 valence electrons. The highest BCUT2D eigenvalue weighted by Crippen LogP contribution is 2.30. The van der Waals surface area contributed by atoms with Crippen molar-refractivity contribution in [3.8, 4) is 17.0 Å². The molecular weight excluding hydrogens is 414 g/mol. The Labute approximate surface area is 182 Å². The maximum atomic E-state index is 13.2. The van der Waals surface area contributed by atoms with Crippen LogP contribution in [-0.2, 0) is 16.4 Å². The largest absolute Gasteiger partial charge is 0.481 e. The zero-order valence-corrected chi connectivity index (χ0v) is 18.5. The number of hydrogen-bond acceptors (Lipinski definition) is 6. The maximum Gasteiger partial charge on any atom is 0.241 e. The molecule has 0 spiro atoms. The van der Waals surface area contributed by atoms with Gasteiger partial charge in [-0.25, -0.2) is 18.1 Å². The van der Waals surface area contributed by atoms with Gasteiger partial charge in [-0.15, -0.1) is 10.2 Å². The van der Waals surface area contributed by atoms with Crippen LogP contribution in [0.1, 0.15) is 44.2 Å². The fraction of sp³-hybridized carbons (Fsp3) is 0.409. The predicted octanol–water partition coefficient (Wildman–Crippen LogP) is 3.37. The lowest BCUT2D eigenvalue weighted by molar-refractivity contribution is 0.305. The average Bonchev–Trinajstić information content (AvgIpc) is 3.34. The van der Waals surface area contributed by atoms with Crippen molar-refractivity contribution in [2.24, 2.45) is 0 Å². The van der Waals surface area contributed by atoms with Crippen LogP contribution in [0.25, 0.3) is 11.1 Å². The van der Waals surface area contributed by atoms with Crippen molar-refractivity contribution >= 4 is 10.0 Å². The van der Waals surface area contributed by atoms with Crippen LogP contribution in [0.4, 0.5) is 0 Å². The number of aryl methyl sites for hydroxylation is 1. The van der Waals surface area contributed by atoms with E-state index in [-0.39, 0.29) is 12.1 Å². The van der Waals surface area contributed by atoms with Gasteiger partial charge in [0.2, 0.25) is 15.9 Å². The lowest BCUT2D eigenvalue weighted by atomic mass is 9.91. The molecule has 1 N–H and O–H groups in total. The summed E-state index contributed by atoms with van der Waals surface area (Å²) in [6.45, 7) is 1.97. The fourth-order valence-electron chi connectivity index (χ4n) is 4.19. The fourth-order valence-corrected chi connectivity index (χ4v) is 5.77. The molecule has 0 amide bonds. The summed E-state index contributed by atoms with van der Waals surface area (Å²) >= 11 is 0. The summed E-state index contributed by atoms with van der Waals surface area (Å²) in [5.74, 6) is 0.542. The quantitative estimate of drug-likeness (QED) is 0.604. The van der Waals surface area contributed by atoms with Gasteiger partial charge in [-0.1, -0.05) is 13.0 Å². The van der Waals surface area contributed by atoms with E-state index in [9.17, 15) is 8.42 Å². The van der Waals surface area contributed by atoms with Crippen LogP contribution in [0.15, 0.2) is 54.1 Å². The highest BCUT2D eigenvalue weighted by molar-refractivity contribution is 7.89. The number of hydrogen-bond donors (Lipinski definition) is 1. The molecule has 0 bridgehead atoms. The van der Waals surface area contributed by atoms with Gasteiger partial charge in [-0.05, 0) is 61.4 Å². The van der Waals surface area contributed by atoms with Crippen LogP contribution in [0.3, 0.4) is 0 Å². The van der Waals surface area contributed by atoms with Gasteiger partial charge in [0.05, 0.1) is 12.0 Å². The minimum Gasteiger partial charge on any atom is -0.481 e. The number of rotatable bonds is 7. The summed E-state index contributed by atoms with van der Waals surface area (Å²) in [6, 6.07) is 9.27. The summed E-state index contributed by atoms with van der Waals surface area (Å²) < 4.78 is 36.5. The van der Waals surface area contributed by atoms with Crippen molar-refractivity contribution in [2.45, 2.75) is 56.0 Å². The zero-order valence-electron chi connectivity index (χ0n) is 17.7. The van der Waals surface area contributed by atoms with Crippen LogP contribution in [0, 0.1) is 0 Å². The molecule has 1 aliphatic carbocycles. The molecule has 1 aliphatic rings. The van der Waals surface area contributed by atoms with Gasteiger partial charge in [0.25, 0.3) is 0 Å². The van der Waals surface area contributed by atoms with E-state index in [4.69, 9.17) is 4.74 Å². The van der Waals surface area contributed by atoms with E-state index >= 15 is 0 Å². The third-order valence-electron chi connectivity index (χ3n) is 5.84. The Morgan fingerprint density at radius 3 is 2.58 bits per heavy atom. The van der Waals surface area contributed by atoms with Gasteiger partial charge >= 0.3 is 0 Å². The van der Waals surface area contributed by atoms with Crippen LogP contribution in [-0.4, -0.2) is 41.3 Å². The molecular formula is C22H27N5O3S. The van der Waals surface area contributed by atoms with E-state index in [1.807, 2.05) is 29.7 Å². The van der Waals surface area contributed by atoms with Crippen molar-refractivity contribution in [2.75, 3.05) is 7.11 Å². The molecule has 2 unspecified atom stereocenters. The molecule has 1 fully saturated rings. The first-order valence-corrected chi connectivity index (χ1v) is 12.0. The normalized spacial score (nSPS) is 19.3. The number of pyridine rings is 1. The molecule has 1 aromatic carbocycles. The molecule has 0 aliphatic heterocycles. The SMILES string of the molecule is CCc1cc(-c2ccc(OC)nc2)ccc1S(=O)(=O)NC1CCCC(n2cnnc2)C1. The van der Waals surface area contributed by atoms with E-state index < -0.39 is 10.0 Å².